The van der Waals surface area contributed by atoms with Gasteiger partial charge >= 0.3 is 0 Å². The molecule has 0 radical (unpaired) electrons. The fourth-order valence-corrected chi connectivity index (χ4v) is 3.35. The third-order valence-corrected chi connectivity index (χ3v) is 4.77. The summed E-state index contributed by atoms with van der Waals surface area (Å²) in [5.41, 5.74) is 2.30. The number of aromatic nitrogens is 3. The van der Waals surface area contributed by atoms with Crippen LogP contribution in [0.5, 0.6) is 5.75 Å². The molecule has 0 atom stereocenters. The van der Waals surface area contributed by atoms with Crippen LogP contribution in [0.25, 0.3) is 0 Å². The molecule has 6 nitrogen and oxygen atoms in total. The molecule has 1 aromatic heterocycles. The molecule has 1 aliphatic heterocycles. The number of hydrogen-bond acceptors (Lipinski definition) is 4. The highest BCUT2D eigenvalue weighted by molar-refractivity contribution is 5.75. The second kappa shape index (κ2) is 8.83. The normalized spacial score (nSPS) is 13.8. The number of nitrogens with one attached hydrogen (secondary N) is 1. The zero-order valence-corrected chi connectivity index (χ0v) is 15.8. The van der Waals surface area contributed by atoms with E-state index in [1.807, 2.05) is 19.1 Å². The maximum Gasteiger partial charge on any atom is 0.223 e. The summed E-state index contributed by atoms with van der Waals surface area (Å²) in [6.07, 6.45) is 5.70. The lowest BCUT2D eigenvalue weighted by molar-refractivity contribution is -0.121. The lowest BCUT2D eigenvalue weighted by atomic mass is 10.1. The molecule has 0 saturated heterocycles. The second-order valence-corrected chi connectivity index (χ2v) is 6.96. The molecule has 0 fully saturated rings. The van der Waals surface area contributed by atoms with Crippen LogP contribution < -0.4 is 10.1 Å². The Hall–Kier alpha value is -2.37. The summed E-state index contributed by atoms with van der Waals surface area (Å²) in [5.74, 6) is 2.92. The number of aryl methyl sites for hydroxylation is 3. The zero-order valence-electron chi connectivity index (χ0n) is 15.8. The zero-order chi connectivity index (χ0) is 18.4. The third-order valence-electron chi connectivity index (χ3n) is 4.77. The van der Waals surface area contributed by atoms with Crippen LogP contribution in [0.4, 0.5) is 0 Å². The first kappa shape index (κ1) is 18.4. The molecule has 0 saturated carbocycles. The van der Waals surface area contributed by atoms with Gasteiger partial charge in [-0.3, -0.25) is 4.79 Å². The summed E-state index contributed by atoms with van der Waals surface area (Å²) < 4.78 is 7.94. The molecule has 0 bridgehead atoms. The van der Waals surface area contributed by atoms with Crippen molar-refractivity contribution in [1.29, 1.82) is 0 Å². The van der Waals surface area contributed by atoms with Crippen molar-refractivity contribution in [1.82, 2.24) is 20.1 Å². The van der Waals surface area contributed by atoms with Gasteiger partial charge in [0.25, 0.3) is 0 Å². The van der Waals surface area contributed by atoms with Gasteiger partial charge in [0.2, 0.25) is 5.91 Å². The van der Waals surface area contributed by atoms with Crippen molar-refractivity contribution < 1.29 is 9.53 Å². The second-order valence-electron chi connectivity index (χ2n) is 6.96. The van der Waals surface area contributed by atoms with Crippen LogP contribution in [0.3, 0.4) is 0 Å². The molecule has 2 heterocycles. The van der Waals surface area contributed by atoms with Crippen LogP contribution in [0.2, 0.25) is 0 Å². The Morgan fingerprint density at radius 2 is 2.12 bits per heavy atom. The van der Waals surface area contributed by atoms with E-state index in [0.29, 0.717) is 19.6 Å². The summed E-state index contributed by atoms with van der Waals surface area (Å²) >= 11 is 0. The van der Waals surface area contributed by atoms with E-state index >= 15 is 0 Å². The van der Waals surface area contributed by atoms with Gasteiger partial charge in [0.15, 0.2) is 0 Å². The van der Waals surface area contributed by atoms with Gasteiger partial charge in [0, 0.05) is 25.9 Å². The lowest BCUT2D eigenvalue weighted by Crippen LogP contribution is -2.27. The highest BCUT2D eigenvalue weighted by Gasteiger charge is 2.14. The summed E-state index contributed by atoms with van der Waals surface area (Å²) in [6, 6.07) is 6.06. The smallest absolute Gasteiger partial charge is 0.223 e. The van der Waals surface area contributed by atoms with Gasteiger partial charge in [-0.1, -0.05) is 24.1 Å². The maximum absolute atomic E-state index is 12.0. The monoisotopic (exact) mass is 356 g/mol. The van der Waals surface area contributed by atoms with E-state index in [2.05, 4.69) is 33.1 Å². The summed E-state index contributed by atoms with van der Waals surface area (Å²) in [4.78, 5) is 12.0. The molecule has 26 heavy (non-hydrogen) atoms. The van der Waals surface area contributed by atoms with Crippen LogP contribution in [0.15, 0.2) is 18.2 Å². The summed E-state index contributed by atoms with van der Waals surface area (Å²) in [6.45, 7) is 6.04. The molecule has 0 aliphatic carbocycles. The molecule has 140 valence electrons. The van der Waals surface area contributed by atoms with Gasteiger partial charge in [-0.15, -0.1) is 10.2 Å². The Balaban J connectivity index is 1.39. The number of ether oxygens (including phenoxy) is 1. The largest absolute Gasteiger partial charge is 0.493 e. The van der Waals surface area contributed by atoms with Crippen molar-refractivity contribution in [2.75, 3.05) is 13.2 Å². The topological polar surface area (TPSA) is 69.0 Å². The maximum atomic E-state index is 12.0. The molecule has 1 amide bonds. The molecule has 2 aromatic rings. The number of nitrogens with zero attached hydrogens (tertiary/aromatic N) is 3. The molecule has 3 rings (SSSR count). The van der Waals surface area contributed by atoms with E-state index in [9.17, 15) is 4.79 Å². The minimum Gasteiger partial charge on any atom is -0.493 e. The van der Waals surface area contributed by atoms with Gasteiger partial charge in [0.1, 0.15) is 17.4 Å². The van der Waals surface area contributed by atoms with E-state index < -0.39 is 0 Å². The van der Waals surface area contributed by atoms with Crippen molar-refractivity contribution in [3.8, 4) is 5.75 Å². The van der Waals surface area contributed by atoms with Crippen molar-refractivity contribution in [2.45, 2.75) is 58.9 Å². The summed E-state index contributed by atoms with van der Waals surface area (Å²) in [7, 11) is 0. The molecule has 6 heteroatoms. The highest BCUT2D eigenvalue weighted by atomic mass is 16.5. The van der Waals surface area contributed by atoms with Crippen LogP contribution in [-0.4, -0.2) is 33.8 Å². The van der Waals surface area contributed by atoms with Crippen molar-refractivity contribution in [3.05, 3.63) is 41.0 Å². The minimum absolute atomic E-state index is 0.00497. The van der Waals surface area contributed by atoms with E-state index in [-0.39, 0.29) is 5.91 Å². The van der Waals surface area contributed by atoms with Gasteiger partial charge in [0.05, 0.1) is 13.0 Å². The average molecular weight is 356 g/mol. The van der Waals surface area contributed by atoms with Crippen LogP contribution in [0, 0.1) is 13.8 Å². The van der Waals surface area contributed by atoms with Crippen molar-refractivity contribution in [2.24, 2.45) is 0 Å². The fraction of sp³-hybridized carbons (Fsp3) is 0.550. The first-order chi connectivity index (χ1) is 12.6. The molecular weight excluding hydrogens is 328 g/mol. The number of rotatable bonds is 7. The number of carbonyl (C=O) groups excluding carboxylic acids is 1. The Kier molecular flexibility index (Phi) is 6.26. The Labute approximate surface area is 155 Å². The third kappa shape index (κ3) is 4.84. The van der Waals surface area contributed by atoms with Crippen molar-refractivity contribution in [3.63, 3.8) is 0 Å². The SMILES string of the molecule is Cc1ccc(OCCC(=O)NCCc2nnc3n2CCCCC3)c(C)c1. The first-order valence-electron chi connectivity index (χ1n) is 9.51. The van der Waals surface area contributed by atoms with E-state index in [1.165, 1.54) is 24.8 Å². The average Bonchev–Trinajstić information content (AvgIpc) is 2.84. The Morgan fingerprint density at radius 3 is 2.96 bits per heavy atom. The quantitative estimate of drug-likeness (QED) is 0.828. The summed E-state index contributed by atoms with van der Waals surface area (Å²) in [5, 5.41) is 11.5. The van der Waals surface area contributed by atoms with Crippen molar-refractivity contribution >= 4 is 5.91 Å². The predicted molar refractivity (Wildman–Crippen MR) is 100 cm³/mol. The molecular formula is C20H28N4O2. The van der Waals surface area contributed by atoms with Gasteiger partial charge in [-0.05, 0) is 38.3 Å². The molecule has 1 N–H and O–H groups in total. The standard InChI is InChI=1S/C20H28N4O2/c1-15-7-8-17(16(2)14-15)26-13-10-20(25)21-11-9-19-23-22-18-6-4-3-5-12-24(18)19/h7-8,14H,3-6,9-13H2,1-2H3,(H,21,25). The fourth-order valence-electron chi connectivity index (χ4n) is 3.35. The predicted octanol–water partition coefficient (Wildman–Crippen LogP) is 2.75. The molecule has 0 unspecified atom stereocenters. The van der Waals surface area contributed by atoms with Gasteiger partial charge in [-0.25, -0.2) is 0 Å². The number of hydrogen-bond donors (Lipinski definition) is 1. The van der Waals surface area contributed by atoms with Crippen LogP contribution in [0.1, 0.15) is 48.5 Å². The van der Waals surface area contributed by atoms with Gasteiger partial charge < -0.3 is 14.6 Å². The highest BCUT2D eigenvalue weighted by Crippen LogP contribution is 2.18. The number of fused-ring (bicyclic) bond motifs is 1. The molecule has 0 spiro atoms. The van der Waals surface area contributed by atoms with Crippen LogP contribution >= 0.6 is 0 Å². The van der Waals surface area contributed by atoms with Crippen LogP contribution in [-0.2, 0) is 24.2 Å². The van der Waals surface area contributed by atoms with E-state index in [1.54, 1.807) is 0 Å². The lowest BCUT2D eigenvalue weighted by Gasteiger charge is -2.10. The number of benzene rings is 1. The first-order valence-corrected chi connectivity index (χ1v) is 9.51. The van der Waals surface area contributed by atoms with E-state index in [4.69, 9.17) is 4.74 Å². The minimum atomic E-state index is 0.00497. The Bertz CT molecular complexity index is 754. The Morgan fingerprint density at radius 1 is 1.23 bits per heavy atom. The molecule has 1 aromatic carbocycles. The van der Waals surface area contributed by atoms with E-state index in [0.717, 1.165) is 42.3 Å². The molecule has 1 aliphatic rings. The number of carbonyl (C=O) groups is 1. The van der Waals surface area contributed by atoms with Gasteiger partial charge in [-0.2, -0.15) is 0 Å². The number of amides is 1.